The van der Waals surface area contributed by atoms with E-state index in [2.05, 4.69) is 24.5 Å². The summed E-state index contributed by atoms with van der Waals surface area (Å²) in [7, 11) is 0. The number of ether oxygens (including phenoxy) is 1. The van der Waals surface area contributed by atoms with Crippen LogP contribution >= 0.6 is 11.8 Å². The van der Waals surface area contributed by atoms with Crippen LogP contribution in [0.5, 0.6) is 5.75 Å². The average molecular weight is 546 g/mol. The first-order valence-corrected chi connectivity index (χ1v) is 15.1. The molecule has 210 valence electrons. The number of likely N-dealkylation sites (tertiary alicyclic amines) is 1. The number of hydrogen-bond acceptors (Lipinski definition) is 6. The number of amides is 3. The van der Waals surface area contributed by atoms with Gasteiger partial charge < -0.3 is 25.4 Å². The molecule has 1 aromatic carbocycles. The molecule has 1 spiro atoms. The summed E-state index contributed by atoms with van der Waals surface area (Å²) in [6.07, 6.45) is 6.71. The second-order valence-corrected chi connectivity index (χ2v) is 12.9. The van der Waals surface area contributed by atoms with Crippen LogP contribution in [0.4, 0.5) is 5.69 Å². The molecule has 3 aliphatic heterocycles. The summed E-state index contributed by atoms with van der Waals surface area (Å²) >= 11 is 1.70. The highest BCUT2D eigenvalue weighted by Gasteiger charge is 2.76. The van der Waals surface area contributed by atoms with Crippen molar-refractivity contribution in [1.82, 2.24) is 10.2 Å². The van der Waals surface area contributed by atoms with Crippen LogP contribution in [0.1, 0.15) is 72.1 Å². The van der Waals surface area contributed by atoms with Crippen molar-refractivity contribution in [3.05, 3.63) is 24.3 Å². The predicted molar refractivity (Wildman–Crippen MR) is 150 cm³/mol. The van der Waals surface area contributed by atoms with Gasteiger partial charge in [0.15, 0.2) is 0 Å². The number of aliphatic hydroxyl groups is 1. The molecule has 0 saturated carbocycles. The van der Waals surface area contributed by atoms with Gasteiger partial charge in [0.1, 0.15) is 11.8 Å². The van der Waals surface area contributed by atoms with E-state index in [4.69, 9.17) is 9.84 Å². The lowest BCUT2D eigenvalue weighted by Crippen LogP contribution is -2.53. The molecule has 3 saturated heterocycles. The van der Waals surface area contributed by atoms with E-state index in [1.807, 2.05) is 31.2 Å². The van der Waals surface area contributed by atoms with Crippen molar-refractivity contribution in [1.29, 1.82) is 0 Å². The van der Waals surface area contributed by atoms with Crippen LogP contribution in [0.25, 0.3) is 0 Å². The zero-order chi connectivity index (χ0) is 27.3. The van der Waals surface area contributed by atoms with Crippen molar-refractivity contribution in [2.75, 3.05) is 31.6 Å². The summed E-state index contributed by atoms with van der Waals surface area (Å²) in [4.78, 5) is 43.2. The molecule has 9 heteroatoms. The van der Waals surface area contributed by atoms with Crippen LogP contribution in [-0.4, -0.2) is 69.6 Å². The molecule has 3 amide bonds. The minimum atomic E-state index is -0.589. The lowest BCUT2D eigenvalue weighted by molar-refractivity contribution is -0.139. The Balaban J connectivity index is 1.57. The lowest BCUT2D eigenvalue weighted by Gasteiger charge is -2.34. The second-order valence-electron chi connectivity index (χ2n) is 11.0. The number of fused-ring (bicyclic) bond motifs is 1. The van der Waals surface area contributed by atoms with Gasteiger partial charge in [0, 0.05) is 30.1 Å². The number of unbranched alkanes of at least 4 members (excludes halogenated alkanes) is 4. The Morgan fingerprint density at radius 2 is 1.82 bits per heavy atom. The Morgan fingerprint density at radius 3 is 2.50 bits per heavy atom. The third-order valence-corrected chi connectivity index (χ3v) is 10.4. The number of benzene rings is 1. The predicted octanol–water partition coefficient (Wildman–Crippen LogP) is 3.97. The smallest absolute Gasteiger partial charge is 0.244 e. The number of hydrogen-bond donors (Lipinski definition) is 3. The molecular formula is C29H43N3O5S. The second kappa shape index (κ2) is 12.3. The Morgan fingerprint density at radius 1 is 1.08 bits per heavy atom. The molecule has 0 radical (unpaired) electrons. The highest BCUT2D eigenvalue weighted by atomic mass is 32.2. The maximum Gasteiger partial charge on any atom is 0.244 e. The molecule has 2 unspecified atom stereocenters. The maximum absolute atomic E-state index is 14.1. The highest BCUT2D eigenvalue weighted by Crippen LogP contribution is 2.71. The molecular weight excluding hydrogens is 502 g/mol. The van der Waals surface area contributed by atoms with Crippen LogP contribution in [0, 0.1) is 11.8 Å². The van der Waals surface area contributed by atoms with E-state index in [0.29, 0.717) is 25.4 Å². The summed E-state index contributed by atoms with van der Waals surface area (Å²) in [5.74, 6) is -0.595. The van der Waals surface area contributed by atoms with Gasteiger partial charge in [0.2, 0.25) is 17.7 Å². The van der Waals surface area contributed by atoms with E-state index in [9.17, 15) is 14.4 Å². The normalized spacial score (nSPS) is 29.4. The minimum Gasteiger partial charge on any atom is -0.494 e. The summed E-state index contributed by atoms with van der Waals surface area (Å²) in [5.41, 5.74) is 0.670. The van der Waals surface area contributed by atoms with Gasteiger partial charge >= 0.3 is 0 Å². The maximum atomic E-state index is 14.1. The lowest BCUT2D eigenvalue weighted by atomic mass is 9.66. The first kappa shape index (κ1) is 28.7. The number of anilines is 1. The van der Waals surface area contributed by atoms with Crippen molar-refractivity contribution in [3.63, 3.8) is 0 Å². The first-order chi connectivity index (χ1) is 18.3. The first-order valence-electron chi connectivity index (χ1n) is 14.2. The number of nitrogens with one attached hydrogen (secondary N) is 2. The number of carbonyl (C=O) groups excluding carboxylic acids is 3. The fraction of sp³-hybridized carbons (Fsp3) is 0.690. The average Bonchev–Trinajstić information content (AvgIpc) is 3.46. The van der Waals surface area contributed by atoms with Gasteiger partial charge in [-0.25, -0.2) is 0 Å². The Kier molecular flexibility index (Phi) is 9.29. The van der Waals surface area contributed by atoms with Crippen molar-refractivity contribution in [2.24, 2.45) is 11.8 Å². The van der Waals surface area contributed by atoms with Crippen molar-refractivity contribution in [3.8, 4) is 5.75 Å². The van der Waals surface area contributed by atoms with E-state index >= 15 is 0 Å². The fourth-order valence-electron chi connectivity index (χ4n) is 6.62. The molecule has 4 rings (SSSR count). The fourth-order valence-corrected chi connectivity index (χ4v) is 8.98. The van der Waals surface area contributed by atoms with Gasteiger partial charge in [-0.3, -0.25) is 14.4 Å². The van der Waals surface area contributed by atoms with Gasteiger partial charge in [0.25, 0.3) is 0 Å². The van der Waals surface area contributed by atoms with E-state index in [1.54, 1.807) is 16.7 Å². The van der Waals surface area contributed by atoms with Crippen LogP contribution in [0.2, 0.25) is 0 Å². The van der Waals surface area contributed by atoms with Gasteiger partial charge in [-0.05, 0) is 70.2 Å². The summed E-state index contributed by atoms with van der Waals surface area (Å²) in [6.45, 7) is 7.92. The molecule has 3 aliphatic rings. The molecule has 3 heterocycles. The molecule has 2 bridgehead atoms. The van der Waals surface area contributed by atoms with E-state index in [0.717, 1.165) is 57.1 Å². The van der Waals surface area contributed by atoms with Crippen molar-refractivity contribution in [2.45, 2.75) is 87.7 Å². The molecule has 0 aromatic heterocycles. The van der Waals surface area contributed by atoms with Crippen LogP contribution < -0.4 is 15.4 Å². The van der Waals surface area contributed by atoms with Crippen molar-refractivity contribution >= 4 is 35.2 Å². The molecule has 38 heavy (non-hydrogen) atoms. The number of thioether (sulfide) groups is 1. The zero-order valence-electron chi connectivity index (χ0n) is 23.0. The molecule has 3 N–H and O–H groups in total. The number of carbonyl (C=O) groups is 3. The molecule has 5 atom stereocenters. The summed E-state index contributed by atoms with van der Waals surface area (Å²) < 4.78 is 4.52. The highest BCUT2D eigenvalue weighted by molar-refractivity contribution is 8.02. The van der Waals surface area contributed by atoms with Gasteiger partial charge in [0.05, 0.1) is 23.2 Å². The topological polar surface area (TPSA) is 108 Å². The molecule has 3 fully saturated rings. The van der Waals surface area contributed by atoms with Crippen LogP contribution in [0.15, 0.2) is 24.3 Å². The quantitative estimate of drug-likeness (QED) is 0.305. The number of aliphatic hydroxyl groups excluding tert-OH is 1. The van der Waals surface area contributed by atoms with Crippen LogP contribution in [0.3, 0.4) is 0 Å². The zero-order valence-corrected chi connectivity index (χ0v) is 23.8. The van der Waals surface area contributed by atoms with Gasteiger partial charge in [-0.1, -0.05) is 26.2 Å². The van der Waals surface area contributed by atoms with E-state index < -0.39 is 27.4 Å². The monoisotopic (exact) mass is 545 g/mol. The van der Waals surface area contributed by atoms with Gasteiger partial charge in [-0.2, -0.15) is 0 Å². The largest absolute Gasteiger partial charge is 0.494 e. The Labute approximate surface area is 230 Å². The Hall–Kier alpha value is -2.26. The third-order valence-electron chi connectivity index (χ3n) is 8.38. The summed E-state index contributed by atoms with van der Waals surface area (Å²) in [6, 6.07) is 6.73. The summed E-state index contributed by atoms with van der Waals surface area (Å²) in [5, 5.41) is 15.3. The minimum absolute atomic E-state index is 0.0643. The van der Waals surface area contributed by atoms with E-state index in [-0.39, 0.29) is 24.3 Å². The Bertz CT molecular complexity index is 1000. The van der Waals surface area contributed by atoms with E-state index in [1.165, 1.54) is 0 Å². The molecule has 1 aromatic rings. The number of rotatable bonds is 14. The standard InChI is InChI=1S/C29H43N3O5S/c1-4-6-17-30-26(35)24-29-16-15-28(3,38-29)22(23(29)27(36)32(24)18-9-7-8-10-19-33)25(34)31-20-11-13-21(14-12-20)37-5-2/h11-14,22-24,33H,4-10,15-19H2,1-3H3,(H,30,35)(H,31,34)/t22-,23-,24?,28+,29?/m0/s1. The third kappa shape index (κ3) is 5.41. The molecule has 0 aliphatic carbocycles. The van der Waals surface area contributed by atoms with Crippen LogP contribution in [-0.2, 0) is 14.4 Å². The van der Waals surface area contributed by atoms with Crippen molar-refractivity contribution < 1.29 is 24.2 Å². The molecule has 8 nitrogen and oxygen atoms in total. The number of nitrogens with zero attached hydrogens (tertiary/aromatic N) is 1. The SMILES string of the molecule is CCCCNC(=O)C1N(CCCCCCO)C(=O)[C@@H]2[C@@H](C(=O)Nc3ccc(OCC)cc3)[C@@]3(C)CCC12S3. The van der Waals surface area contributed by atoms with Gasteiger partial charge in [-0.15, -0.1) is 11.8 Å².